The van der Waals surface area contributed by atoms with Crippen molar-refractivity contribution in [2.75, 3.05) is 13.2 Å². The first kappa shape index (κ1) is 21.0. The summed E-state index contributed by atoms with van der Waals surface area (Å²) in [5.74, 6) is -0.436. The molecule has 4 rings (SSSR count). The first-order valence-electron chi connectivity index (χ1n) is 10.6. The Morgan fingerprint density at radius 3 is 2.52 bits per heavy atom. The van der Waals surface area contributed by atoms with E-state index in [1.165, 1.54) is 4.57 Å². The molecule has 2 unspecified atom stereocenters. The molecule has 0 bridgehead atoms. The Morgan fingerprint density at radius 1 is 1.06 bits per heavy atom. The zero-order valence-electron chi connectivity index (χ0n) is 17.7. The van der Waals surface area contributed by atoms with Crippen molar-refractivity contribution in [1.29, 1.82) is 0 Å². The number of para-hydroxylation sites is 1. The molecule has 3 aromatic rings. The highest BCUT2D eigenvalue weighted by atomic mass is 16.6. The molecule has 0 saturated heterocycles. The highest BCUT2D eigenvalue weighted by molar-refractivity contribution is 5.71. The minimum absolute atomic E-state index is 0.00463. The number of hydrogen-bond acceptors (Lipinski definition) is 5. The third-order valence-corrected chi connectivity index (χ3v) is 5.87. The summed E-state index contributed by atoms with van der Waals surface area (Å²) < 4.78 is 12.9. The van der Waals surface area contributed by atoms with Gasteiger partial charge in [0.25, 0.3) is 0 Å². The molecule has 1 aromatic heterocycles. The summed E-state index contributed by atoms with van der Waals surface area (Å²) >= 11 is 0. The number of esters is 1. The molecule has 0 fully saturated rings. The molecule has 6 heteroatoms. The van der Waals surface area contributed by atoms with Gasteiger partial charge in [-0.2, -0.15) is 0 Å². The summed E-state index contributed by atoms with van der Waals surface area (Å²) in [6.45, 7) is 4.08. The predicted molar refractivity (Wildman–Crippen MR) is 117 cm³/mol. The van der Waals surface area contributed by atoms with Crippen molar-refractivity contribution < 1.29 is 24.5 Å². The lowest BCUT2D eigenvalue weighted by molar-refractivity contribution is -0.150. The van der Waals surface area contributed by atoms with Gasteiger partial charge in [-0.3, -0.25) is 9.36 Å². The number of nitrogens with zero attached hydrogens (tertiary/aromatic N) is 1. The Morgan fingerprint density at radius 2 is 1.77 bits per heavy atom. The molecule has 0 radical (unpaired) electrons. The Hall–Kier alpha value is -3.25. The maximum Gasteiger partial charge on any atom is 0.308 e. The Balaban J connectivity index is 1.64. The largest absolute Gasteiger partial charge is 0.494 e. The van der Waals surface area contributed by atoms with Crippen LogP contribution < -0.4 is 0 Å². The molecular formula is C25H27NO5. The highest BCUT2D eigenvalue weighted by Crippen LogP contribution is 2.48. The van der Waals surface area contributed by atoms with E-state index in [1.807, 2.05) is 68.4 Å². The maximum atomic E-state index is 11.9. The number of aromatic nitrogens is 1. The van der Waals surface area contributed by atoms with Gasteiger partial charge in [-0.25, -0.2) is 0 Å². The SMILES string of the molecule is CCC(C)C(=O)OCCOC1c2ccccc2Cc2c1c(O)n(-c1ccccc1)c2O. The van der Waals surface area contributed by atoms with Crippen LogP contribution in [0.1, 0.15) is 48.6 Å². The molecule has 1 heterocycles. The van der Waals surface area contributed by atoms with Crippen molar-refractivity contribution in [1.82, 2.24) is 4.57 Å². The van der Waals surface area contributed by atoms with Crippen molar-refractivity contribution in [2.45, 2.75) is 32.8 Å². The van der Waals surface area contributed by atoms with E-state index in [4.69, 9.17) is 9.47 Å². The van der Waals surface area contributed by atoms with Gasteiger partial charge in [0.05, 0.1) is 23.8 Å². The summed E-state index contributed by atoms with van der Waals surface area (Å²) in [5, 5.41) is 22.1. The third-order valence-electron chi connectivity index (χ3n) is 5.87. The molecule has 1 aliphatic rings. The Labute approximate surface area is 181 Å². The summed E-state index contributed by atoms with van der Waals surface area (Å²) in [6, 6.07) is 17.0. The monoisotopic (exact) mass is 421 g/mol. The van der Waals surface area contributed by atoms with E-state index in [-0.39, 0.29) is 36.9 Å². The first-order valence-corrected chi connectivity index (χ1v) is 10.6. The van der Waals surface area contributed by atoms with Gasteiger partial charge in [0.15, 0.2) is 0 Å². The second-order valence-electron chi connectivity index (χ2n) is 7.81. The second kappa shape index (κ2) is 8.86. The molecule has 162 valence electrons. The van der Waals surface area contributed by atoms with Crippen molar-refractivity contribution in [3.8, 4) is 17.4 Å². The van der Waals surface area contributed by atoms with Gasteiger partial charge in [0.2, 0.25) is 11.8 Å². The number of carbonyl (C=O) groups excluding carboxylic acids is 1. The fourth-order valence-electron chi connectivity index (χ4n) is 3.97. The maximum absolute atomic E-state index is 11.9. The lowest BCUT2D eigenvalue weighted by Gasteiger charge is -2.26. The van der Waals surface area contributed by atoms with Crippen LogP contribution in [0.5, 0.6) is 11.8 Å². The molecule has 0 aliphatic heterocycles. The standard InChI is InChI=1S/C25H27NO5/c1-3-16(2)25(29)31-14-13-30-22-19-12-8-7-9-17(19)15-20-21(22)24(28)26(23(20)27)18-10-5-4-6-11-18/h4-12,16,22,27-28H,3,13-15H2,1-2H3. The summed E-state index contributed by atoms with van der Waals surface area (Å²) in [5.41, 5.74) is 3.81. The number of benzene rings is 2. The van der Waals surface area contributed by atoms with Gasteiger partial charge in [-0.1, -0.05) is 56.3 Å². The fraction of sp³-hybridized carbons (Fsp3) is 0.320. The normalized spacial score (nSPS) is 15.7. The molecular weight excluding hydrogens is 394 g/mol. The number of hydrogen-bond donors (Lipinski definition) is 2. The lowest BCUT2D eigenvalue weighted by Crippen LogP contribution is -2.20. The number of fused-ring (bicyclic) bond motifs is 2. The molecule has 31 heavy (non-hydrogen) atoms. The molecule has 2 atom stereocenters. The van der Waals surface area contributed by atoms with Crippen LogP contribution >= 0.6 is 0 Å². The van der Waals surface area contributed by atoms with Gasteiger partial charge < -0.3 is 19.7 Å². The summed E-state index contributed by atoms with van der Waals surface area (Å²) in [7, 11) is 0. The molecule has 0 amide bonds. The van der Waals surface area contributed by atoms with E-state index in [2.05, 4.69) is 0 Å². The van der Waals surface area contributed by atoms with Crippen LogP contribution in [0.4, 0.5) is 0 Å². The minimum atomic E-state index is -0.571. The quantitative estimate of drug-likeness (QED) is 0.434. The number of carbonyl (C=O) groups is 1. The van der Waals surface area contributed by atoms with E-state index < -0.39 is 6.10 Å². The average Bonchev–Trinajstić information content (AvgIpc) is 3.05. The van der Waals surface area contributed by atoms with E-state index in [0.717, 1.165) is 17.5 Å². The minimum Gasteiger partial charge on any atom is -0.494 e. The molecule has 0 saturated carbocycles. The van der Waals surface area contributed by atoms with E-state index in [9.17, 15) is 15.0 Å². The van der Waals surface area contributed by atoms with Crippen LogP contribution in [-0.4, -0.2) is 34.0 Å². The predicted octanol–water partition coefficient (Wildman–Crippen LogP) is 4.49. The molecule has 2 N–H and O–H groups in total. The van der Waals surface area contributed by atoms with Crippen LogP contribution in [0.15, 0.2) is 54.6 Å². The Bertz CT molecular complexity index is 1070. The van der Waals surface area contributed by atoms with Crippen LogP contribution in [0, 0.1) is 5.92 Å². The van der Waals surface area contributed by atoms with Gasteiger partial charge in [0.1, 0.15) is 12.7 Å². The summed E-state index contributed by atoms with van der Waals surface area (Å²) in [4.78, 5) is 11.9. The average molecular weight is 421 g/mol. The van der Waals surface area contributed by atoms with Crippen LogP contribution in [0.2, 0.25) is 0 Å². The van der Waals surface area contributed by atoms with Gasteiger partial charge >= 0.3 is 5.97 Å². The zero-order chi connectivity index (χ0) is 22.0. The van der Waals surface area contributed by atoms with Gasteiger partial charge in [-0.15, -0.1) is 0 Å². The second-order valence-corrected chi connectivity index (χ2v) is 7.81. The molecule has 2 aromatic carbocycles. The topological polar surface area (TPSA) is 80.9 Å². The van der Waals surface area contributed by atoms with Gasteiger partial charge in [0, 0.05) is 12.0 Å². The van der Waals surface area contributed by atoms with Crippen LogP contribution in [0.3, 0.4) is 0 Å². The van der Waals surface area contributed by atoms with E-state index >= 15 is 0 Å². The number of ether oxygens (including phenoxy) is 2. The van der Waals surface area contributed by atoms with E-state index in [1.54, 1.807) is 0 Å². The highest BCUT2D eigenvalue weighted by Gasteiger charge is 2.35. The lowest BCUT2D eigenvalue weighted by atomic mass is 9.86. The van der Waals surface area contributed by atoms with Crippen LogP contribution in [-0.2, 0) is 20.7 Å². The smallest absolute Gasteiger partial charge is 0.308 e. The van der Waals surface area contributed by atoms with E-state index in [0.29, 0.717) is 23.2 Å². The zero-order valence-corrected chi connectivity index (χ0v) is 17.7. The summed E-state index contributed by atoms with van der Waals surface area (Å²) in [6.07, 6.45) is 0.644. The van der Waals surface area contributed by atoms with Gasteiger partial charge in [-0.05, 0) is 29.7 Å². The van der Waals surface area contributed by atoms with Crippen molar-refractivity contribution in [2.24, 2.45) is 5.92 Å². The molecule has 0 spiro atoms. The molecule has 1 aliphatic carbocycles. The van der Waals surface area contributed by atoms with Crippen molar-refractivity contribution in [3.63, 3.8) is 0 Å². The Kier molecular flexibility index (Phi) is 6.00. The first-order chi connectivity index (χ1) is 15.0. The number of aromatic hydroxyl groups is 2. The third kappa shape index (κ3) is 3.91. The number of rotatable bonds is 7. The molecule has 6 nitrogen and oxygen atoms in total. The fourth-order valence-corrected chi connectivity index (χ4v) is 3.97. The van der Waals surface area contributed by atoms with Crippen molar-refractivity contribution >= 4 is 5.97 Å². The van der Waals surface area contributed by atoms with Crippen LogP contribution in [0.25, 0.3) is 5.69 Å². The van der Waals surface area contributed by atoms with Crippen molar-refractivity contribution in [3.05, 3.63) is 76.9 Å².